The summed E-state index contributed by atoms with van der Waals surface area (Å²) < 4.78 is 13.1. The molecule has 1 N–H and O–H groups in total. The van der Waals surface area contributed by atoms with Crippen LogP contribution in [0.4, 0.5) is 0 Å². The van der Waals surface area contributed by atoms with Gasteiger partial charge < -0.3 is 24.1 Å². The number of benzene rings is 2. The van der Waals surface area contributed by atoms with Crippen molar-refractivity contribution in [3.05, 3.63) is 72.6 Å². The summed E-state index contributed by atoms with van der Waals surface area (Å²) in [6.07, 6.45) is 3.87. The molecular weight excluding hydrogens is 404 g/mol. The highest BCUT2D eigenvalue weighted by Crippen LogP contribution is 2.36. The van der Waals surface area contributed by atoms with Gasteiger partial charge in [-0.3, -0.25) is 9.78 Å². The third-order valence-electron chi connectivity index (χ3n) is 5.49. The number of carbonyl (C=O) groups is 1. The van der Waals surface area contributed by atoms with E-state index < -0.39 is 0 Å². The van der Waals surface area contributed by atoms with Crippen LogP contribution in [0.25, 0.3) is 28.0 Å². The number of ether oxygens (including phenoxy) is 2. The Balaban J connectivity index is 1.40. The second kappa shape index (κ2) is 8.36. The molecule has 0 spiro atoms. The molecule has 32 heavy (non-hydrogen) atoms. The van der Waals surface area contributed by atoms with Crippen LogP contribution in [0.2, 0.25) is 0 Å². The molecule has 0 aliphatic carbocycles. The first-order valence-corrected chi connectivity index (χ1v) is 10.5. The van der Waals surface area contributed by atoms with Crippen LogP contribution in [-0.4, -0.2) is 54.2 Å². The van der Waals surface area contributed by atoms with E-state index in [2.05, 4.69) is 20.8 Å². The highest BCUT2D eigenvalue weighted by atomic mass is 16.7. The number of nitrogens with zero attached hydrogens (tertiary/aromatic N) is 3. The Bertz CT molecular complexity index is 1280. The predicted octanol–water partition coefficient (Wildman–Crippen LogP) is 3.69. The highest BCUT2D eigenvalue weighted by molar-refractivity contribution is 5.94. The van der Waals surface area contributed by atoms with Crippen molar-refractivity contribution in [3.63, 3.8) is 0 Å². The molecule has 0 fully saturated rings. The minimum absolute atomic E-state index is 0.0719. The quantitative estimate of drug-likeness (QED) is 0.507. The number of likely N-dealkylation sites (N-methyl/N-ethyl adjacent to an activating group) is 1. The van der Waals surface area contributed by atoms with Gasteiger partial charge in [0.2, 0.25) is 6.79 Å². The van der Waals surface area contributed by atoms with E-state index in [-0.39, 0.29) is 12.7 Å². The van der Waals surface area contributed by atoms with E-state index in [4.69, 9.17) is 9.47 Å². The van der Waals surface area contributed by atoms with Crippen molar-refractivity contribution in [3.8, 4) is 34.0 Å². The Morgan fingerprint density at radius 2 is 1.81 bits per heavy atom. The minimum atomic E-state index is -0.0719. The fourth-order valence-corrected chi connectivity index (χ4v) is 3.73. The van der Waals surface area contributed by atoms with Crippen LogP contribution in [0.5, 0.6) is 11.5 Å². The lowest BCUT2D eigenvalue weighted by atomic mass is 10.1. The lowest BCUT2D eigenvalue weighted by molar-refractivity contribution is 0.0951. The maximum absolute atomic E-state index is 12.3. The number of nitrogens with one attached hydrogen (secondary N) is 1. The smallest absolute Gasteiger partial charge is 0.251 e. The molecule has 0 saturated heterocycles. The molecule has 0 unspecified atom stereocenters. The largest absolute Gasteiger partial charge is 0.454 e. The van der Waals surface area contributed by atoms with Crippen molar-refractivity contribution >= 4 is 11.4 Å². The van der Waals surface area contributed by atoms with Crippen molar-refractivity contribution in [2.45, 2.75) is 0 Å². The number of hydrogen-bond acceptors (Lipinski definition) is 5. The molecule has 0 saturated carbocycles. The Kier molecular flexibility index (Phi) is 5.25. The zero-order valence-electron chi connectivity index (χ0n) is 18.0. The fraction of sp³-hybridized carbons (Fsp3) is 0.200. The van der Waals surface area contributed by atoms with Gasteiger partial charge in [-0.1, -0.05) is 12.1 Å². The highest BCUT2D eigenvalue weighted by Gasteiger charge is 2.15. The monoisotopic (exact) mass is 428 g/mol. The predicted molar refractivity (Wildman–Crippen MR) is 123 cm³/mol. The van der Waals surface area contributed by atoms with Gasteiger partial charge in [-0.25, -0.2) is 0 Å². The molecule has 2 aromatic heterocycles. The van der Waals surface area contributed by atoms with E-state index in [0.29, 0.717) is 12.1 Å². The van der Waals surface area contributed by atoms with Crippen molar-refractivity contribution in [2.75, 3.05) is 34.0 Å². The Morgan fingerprint density at radius 3 is 2.62 bits per heavy atom. The molecule has 1 aliphatic rings. The molecule has 3 heterocycles. The summed E-state index contributed by atoms with van der Waals surface area (Å²) in [5, 5.41) is 2.93. The van der Waals surface area contributed by atoms with Crippen LogP contribution in [-0.2, 0) is 0 Å². The van der Waals surface area contributed by atoms with E-state index in [1.54, 1.807) is 0 Å². The number of rotatable bonds is 6. The summed E-state index contributed by atoms with van der Waals surface area (Å²) in [7, 11) is 3.96. The van der Waals surface area contributed by atoms with E-state index in [0.717, 1.165) is 46.1 Å². The number of hydrogen-bond donors (Lipinski definition) is 1. The van der Waals surface area contributed by atoms with Gasteiger partial charge in [0.15, 0.2) is 11.5 Å². The molecule has 7 nitrogen and oxygen atoms in total. The zero-order chi connectivity index (χ0) is 22.1. The van der Waals surface area contributed by atoms with Gasteiger partial charge in [-0.15, -0.1) is 0 Å². The van der Waals surface area contributed by atoms with Gasteiger partial charge in [0.1, 0.15) is 0 Å². The standard InChI is InChI=1S/C25H24N4O3/c1-28(2)12-11-26-25(30)18-5-3-17(4-6-18)21-15-29-20(14-27-21)8-9-22(29)19-7-10-23-24(13-19)32-16-31-23/h3-10,13-15H,11-12,16H2,1-2H3,(H,26,30). The van der Waals surface area contributed by atoms with Crippen molar-refractivity contribution in [1.29, 1.82) is 0 Å². The number of carbonyl (C=O) groups excluding carboxylic acids is 1. The molecule has 7 heteroatoms. The van der Waals surface area contributed by atoms with E-state index in [1.807, 2.05) is 79.9 Å². The summed E-state index contributed by atoms with van der Waals surface area (Å²) in [5.41, 5.74) is 5.49. The summed E-state index contributed by atoms with van der Waals surface area (Å²) in [6, 6.07) is 17.6. The molecular formula is C25H24N4O3. The average Bonchev–Trinajstić information content (AvgIpc) is 3.44. The lowest BCUT2D eigenvalue weighted by Gasteiger charge is -2.11. The van der Waals surface area contributed by atoms with Gasteiger partial charge >= 0.3 is 0 Å². The third kappa shape index (κ3) is 3.90. The van der Waals surface area contributed by atoms with Gasteiger partial charge in [-0.2, -0.15) is 0 Å². The van der Waals surface area contributed by atoms with Crippen molar-refractivity contribution in [2.24, 2.45) is 0 Å². The van der Waals surface area contributed by atoms with Crippen LogP contribution in [0.3, 0.4) is 0 Å². The average molecular weight is 428 g/mol. The molecule has 1 aliphatic heterocycles. The first kappa shape index (κ1) is 20.1. The number of amides is 1. The van der Waals surface area contributed by atoms with E-state index >= 15 is 0 Å². The second-order valence-corrected chi connectivity index (χ2v) is 7.99. The van der Waals surface area contributed by atoms with Crippen LogP contribution in [0.15, 0.2) is 67.0 Å². The van der Waals surface area contributed by atoms with Crippen molar-refractivity contribution in [1.82, 2.24) is 19.6 Å². The molecule has 5 rings (SSSR count). The SMILES string of the molecule is CN(C)CCNC(=O)c1ccc(-c2cn3c(-c4ccc5c(c4)OCO5)ccc3cn2)cc1. The Hall–Kier alpha value is -3.84. The zero-order valence-corrected chi connectivity index (χ0v) is 18.0. The second-order valence-electron chi connectivity index (χ2n) is 7.99. The molecule has 0 bridgehead atoms. The maximum Gasteiger partial charge on any atom is 0.251 e. The van der Waals surface area contributed by atoms with Gasteiger partial charge in [0.05, 0.1) is 23.1 Å². The van der Waals surface area contributed by atoms with Gasteiger partial charge in [0, 0.05) is 36.0 Å². The molecule has 0 atom stereocenters. The first-order valence-electron chi connectivity index (χ1n) is 10.5. The fourth-order valence-electron chi connectivity index (χ4n) is 3.73. The van der Waals surface area contributed by atoms with Crippen LogP contribution < -0.4 is 14.8 Å². The Morgan fingerprint density at radius 1 is 1.03 bits per heavy atom. The third-order valence-corrected chi connectivity index (χ3v) is 5.49. The van der Waals surface area contributed by atoms with Crippen LogP contribution >= 0.6 is 0 Å². The summed E-state index contributed by atoms with van der Waals surface area (Å²) in [4.78, 5) is 19.0. The number of fused-ring (bicyclic) bond motifs is 2. The molecule has 0 radical (unpaired) electrons. The Labute approximate surface area is 186 Å². The first-order chi connectivity index (χ1) is 15.6. The molecule has 2 aromatic carbocycles. The van der Waals surface area contributed by atoms with Crippen LogP contribution in [0.1, 0.15) is 10.4 Å². The molecule has 4 aromatic rings. The summed E-state index contributed by atoms with van der Waals surface area (Å²) >= 11 is 0. The normalized spacial score (nSPS) is 12.5. The van der Waals surface area contributed by atoms with E-state index in [9.17, 15) is 4.79 Å². The molecule has 162 valence electrons. The maximum atomic E-state index is 12.3. The summed E-state index contributed by atoms with van der Waals surface area (Å²) in [6.45, 7) is 1.67. The van der Waals surface area contributed by atoms with Gasteiger partial charge in [0.25, 0.3) is 5.91 Å². The summed E-state index contributed by atoms with van der Waals surface area (Å²) in [5.74, 6) is 1.45. The van der Waals surface area contributed by atoms with Crippen LogP contribution in [0, 0.1) is 0 Å². The lowest BCUT2D eigenvalue weighted by Crippen LogP contribution is -2.31. The minimum Gasteiger partial charge on any atom is -0.454 e. The molecule has 1 amide bonds. The van der Waals surface area contributed by atoms with Crippen molar-refractivity contribution < 1.29 is 14.3 Å². The van der Waals surface area contributed by atoms with E-state index in [1.165, 1.54) is 0 Å². The topological polar surface area (TPSA) is 68.1 Å². The number of aromatic nitrogens is 2. The van der Waals surface area contributed by atoms with Gasteiger partial charge in [-0.05, 0) is 56.6 Å².